The minimum Gasteiger partial charge on any atom is -0.290 e. The number of carbonyl (C=O) groups is 3. The van der Waals surface area contributed by atoms with Crippen LogP contribution in [-0.2, 0) is 9.59 Å². The summed E-state index contributed by atoms with van der Waals surface area (Å²) in [5, 5.41) is 1.06. The maximum atomic E-state index is 13.4. The highest BCUT2D eigenvalue weighted by Gasteiger charge is 2.67. The molecule has 7 rings (SSSR count). The molecule has 1 saturated heterocycles. The van der Waals surface area contributed by atoms with Crippen LogP contribution in [0.1, 0.15) is 16.8 Å². The topological polar surface area (TPSA) is 57.7 Å². The van der Waals surface area contributed by atoms with Crippen LogP contribution < -0.4 is 4.90 Å². The highest BCUT2D eigenvalue weighted by molar-refractivity contribution is 6.31. The maximum absolute atomic E-state index is 13.4. The van der Waals surface area contributed by atoms with Crippen LogP contribution >= 0.6 is 23.2 Å². The Hall–Kier alpha value is -2.63. The van der Waals surface area contributed by atoms with Crippen molar-refractivity contribution in [2.75, 3.05) is 11.6 Å². The van der Waals surface area contributed by atoms with Crippen molar-refractivity contribution in [3.63, 3.8) is 0 Å². The molecule has 32 heavy (non-hydrogen) atoms. The molecular weight excluding hydrogens is 447 g/mol. The van der Waals surface area contributed by atoms with Crippen LogP contribution in [0.4, 0.5) is 5.69 Å². The number of anilines is 1. The van der Waals surface area contributed by atoms with E-state index in [4.69, 9.17) is 23.2 Å². The fourth-order valence-electron chi connectivity index (χ4n) is 5.93. The second-order valence-corrected chi connectivity index (χ2v) is 9.99. The Kier molecular flexibility index (Phi) is 4.50. The summed E-state index contributed by atoms with van der Waals surface area (Å²) in [6, 6.07) is 13.4. The Labute approximate surface area is 195 Å². The summed E-state index contributed by atoms with van der Waals surface area (Å²) in [7, 11) is 0. The summed E-state index contributed by atoms with van der Waals surface area (Å²) < 4.78 is 0. The van der Waals surface area contributed by atoms with Gasteiger partial charge in [0.1, 0.15) is 6.67 Å². The van der Waals surface area contributed by atoms with Crippen molar-refractivity contribution < 1.29 is 14.4 Å². The van der Waals surface area contributed by atoms with Crippen LogP contribution in [0, 0.1) is 35.5 Å². The standard InChI is InChI=1S/C25H20Cl2N2O3/c26-14-3-1-13(2-4-14)23(30)28(16-7-5-15(27)6-8-16)12-29-24(31)21-17-9-10-18(20-11-19(17)20)22(21)25(29)32/h1-10,17-22H,11-12H2. The van der Waals surface area contributed by atoms with Gasteiger partial charge in [-0.1, -0.05) is 35.4 Å². The largest absolute Gasteiger partial charge is 0.290 e. The Morgan fingerprint density at radius 2 is 1.34 bits per heavy atom. The first-order valence-electron chi connectivity index (χ1n) is 10.8. The van der Waals surface area contributed by atoms with Gasteiger partial charge < -0.3 is 0 Å². The van der Waals surface area contributed by atoms with E-state index in [1.165, 1.54) is 9.80 Å². The van der Waals surface area contributed by atoms with Crippen molar-refractivity contribution in [2.45, 2.75) is 6.42 Å². The van der Waals surface area contributed by atoms with E-state index in [1.54, 1.807) is 48.5 Å². The number of likely N-dealkylation sites (tertiary alicyclic amines) is 1. The molecule has 0 spiro atoms. The first-order chi connectivity index (χ1) is 15.4. The van der Waals surface area contributed by atoms with E-state index < -0.39 is 0 Å². The number of nitrogens with zero attached hydrogens (tertiary/aromatic N) is 2. The number of hydrogen-bond acceptors (Lipinski definition) is 3. The zero-order chi connectivity index (χ0) is 22.1. The van der Waals surface area contributed by atoms with Gasteiger partial charge in [0, 0.05) is 21.3 Å². The minimum absolute atomic E-state index is 0.122. The van der Waals surface area contributed by atoms with Crippen molar-refractivity contribution in [1.29, 1.82) is 0 Å². The lowest BCUT2D eigenvalue weighted by molar-refractivity contribution is -0.140. The lowest BCUT2D eigenvalue weighted by atomic mass is 9.63. The van der Waals surface area contributed by atoms with Gasteiger partial charge in [0.25, 0.3) is 5.91 Å². The molecule has 2 aromatic rings. The maximum Gasteiger partial charge on any atom is 0.259 e. The summed E-state index contributed by atoms with van der Waals surface area (Å²) in [6.45, 7) is -0.122. The fraction of sp³-hybridized carbons (Fsp3) is 0.320. The Morgan fingerprint density at radius 1 is 0.844 bits per heavy atom. The van der Waals surface area contributed by atoms with Crippen LogP contribution in [0.2, 0.25) is 10.0 Å². The Balaban J connectivity index is 1.33. The molecule has 3 amide bonds. The van der Waals surface area contributed by atoms with Gasteiger partial charge in [-0.25, -0.2) is 0 Å². The molecule has 5 aliphatic rings. The number of allylic oxidation sites excluding steroid dienone is 2. The van der Waals surface area contributed by atoms with Gasteiger partial charge in [-0.3, -0.25) is 24.2 Å². The number of benzene rings is 2. The molecule has 6 atom stereocenters. The van der Waals surface area contributed by atoms with E-state index in [2.05, 4.69) is 12.2 Å². The normalized spacial score (nSPS) is 31.5. The smallest absolute Gasteiger partial charge is 0.259 e. The lowest BCUT2D eigenvalue weighted by Gasteiger charge is -2.37. The van der Waals surface area contributed by atoms with E-state index in [0.717, 1.165) is 6.42 Å². The lowest BCUT2D eigenvalue weighted by Crippen LogP contribution is -2.45. The fourth-order valence-corrected chi connectivity index (χ4v) is 6.18. The Morgan fingerprint density at radius 3 is 1.88 bits per heavy atom. The zero-order valence-corrected chi connectivity index (χ0v) is 18.5. The van der Waals surface area contributed by atoms with E-state index in [9.17, 15) is 14.4 Å². The highest BCUT2D eigenvalue weighted by atomic mass is 35.5. The molecule has 4 aliphatic carbocycles. The summed E-state index contributed by atoms with van der Waals surface area (Å²) in [4.78, 5) is 43.0. The summed E-state index contributed by atoms with van der Waals surface area (Å²) in [5.74, 6) is 0.137. The average molecular weight is 467 g/mol. The van der Waals surface area contributed by atoms with Crippen LogP contribution in [0.3, 0.4) is 0 Å². The Bertz CT molecular complexity index is 1120. The SMILES string of the molecule is O=C1C2C3C=CC(C4CC34)C2C(=O)N1CN(C(=O)c1ccc(Cl)cc1)c1ccc(Cl)cc1. The molecule has 2 aromatic carbocycles. The molecule has 1 heterocycles. The third-order valence-corrected chi connectivity index (χ3v) is 8.02. The van der Waals surface area contributed by atoms with E-state index in [0.29, 0.717) is 33.1 Å². The van der Waals surface area contributed by atoms with Crippen molar-refractivity contribution in [2.24, 2.45) is 35.5 Å². The second-order valence-electron chi connectivity index (χ2n) is 9.12. The van der Waals surface area contributed by atoms with Crippen molar-refractivity contribution in [3.8, 4) is 0 Å². The van der Waals surface area contributed by atoms with Gasteiger partial charge in [-0.05, 0) is 78.6 Å². The van der Waals surface area contributed by atoms with Gasteiger partial charge in [0.15, 0.2) is 0 Å². The molecule has 2 saturated carbocycles. The van der Waals surface area contributed by atoms with E-state index >= 15 is 0 Å². The van der Waals surface area contributed by atoms with Gasteiger partial charge in [0.2, 0.25) is 11.8 Å². The van der Waals surface area contributed by atoms with Crippen LogP contribution in [0.5, 0.6) is 0 Å². The molecule has 1 aliphatic heterocycles. The quantitative estimate of drug-likeness (QED) is 0.486. The molecule has 162 valence electrons. The van der Waals surface area contributed by atoms with Crippen LogP contribution in [0.15, 0.2) is 60.7 Å². The molecule has 5 nitrogen and oxygen atoms in total. The van der Waals surface area contributed by atoms with Crippen molar-refractivity contribution in [3.05, 3.63) is 76.3 Å². The molecule has 2 bridgehead atoms. The summed E-state index contributed by atoms with van der Waals surface area (Å²) in [6.07, 6.45) is 5.40. The minimum atomic E-state index is -0.316. The highest BCUT2D eigenvalue weighted by Crippen LogP contribution is 2.65. The first-order valence-corrected chi connectivity index (χ1v) is 11.6. The number of hydrogen-bond donors (Lipinski definition) is 0. The zero-order valence-electron chi connectivity index (χ0n) is 17.0. The first kappa shape index (κ1) is 20.0. The second kappa shape index (κ2) is 7.19. The molecular formula is C25H20Cl2N2O3. The molecule has 0 aromatic heterocycles. The molecule has 0 radical (unpaired) electrons. The number of amides is 3. The molecule has 0 N–H and O–H groups in total. The molecule has 6 unspecified atom stereocenters. The van der Waals surface area contributed by atoms with Gasteiger partial charge in [0.05, 0.1) is 11.8 Å². The van der Waals surface area contributed by atoms with Crippen LogP contribution in [-0.4, -0.2) is 29.3 Å². The number of carbonyl (C=O) groups excluding carboxylic acids is 3. The predicted molar refractivity (Wildman–Crippen MR) is 121 cm³/mol. The van der Waals surface area contributed by atoms with E-state index in [1.807, 2.05) is 0 Å². The van der Waals surface area contributed by atoms with Crippen molar-refractivity contribution >= 4 is 46.6 Å². The third kappa shape index (κ3) is 2.95. The summed E-state index contributed by atoms with van der Waals surface area (Å²) >= 11 is 12.0. The number of halogens is 2. The van der Waals surface area contributed by atoms with Gasteiger partial charge in [-0.2, -0.15) is 0 Å². The average Bonchev–Trinajstić information content (AvgIpc) is 3.58. The number of rotatable bonds is 4. The molecule has 7 heteroatoms. The monoisotopic (exact) mass is 466 g/mol. The van der Waals surface area contributed by atoms with Gasteiger partial charge in [-0.15, -0.1) is 0 Å². The molecule has 3 fully saturated rings. The predicted octanol–water partition coefficient (Wildman–Crippen LogP) is 4.65. The van der Waals surface area contributed by atoms with Gasteiger partial charge >= 0.3 is 0 Å². The summed E-state index contributed by atoms with van der Waals surface area (Å²) in [5.41, 5.74) is 0.984. The number of imide groups is 1. The van der Waals surface area contributed by atoms with E-state index in [-0.39, 0.29) is 48.1 Å². The van der Waals surface area contributed by atoms with Crippen LogP contribution in [0.25, 0.3) is 0 Å². The van der Waals surface area contributed by atoms with Crippen molar-refractivity contribution in [1.82, 2.24) is 4.90 Å². The third-order valence-electron chi connectivity index (χ3n) is 7.51.